The summed E-state index contributed by atoms with van der Waals surface area (Å²) in [5.74, 6) is -0.477. The van der Waals surface area contributed by atoms with Gasteiger partial charge in [-0.3, -0.25) is 4.79 Å². The van der Waals surface area contributed by atoms with E-state index < -0.39 is 17.7 Å². The third kappa shape index (κ3) is 3.16. The van der Waals surface area contributed by atoms with Crippen LogP contribution in [-0.4, -0.2) is 18.1 Å². The molecule has 0 aliphatic rings. The van der Waals surface area contributed by atoms with Crippen LogP contribution in [0.1, 0.15) is 10.6 Å². The van der Waals surface area contributed by atoms with Crippen LogP contribution in [0.3, 0.4) is 0 Å². The van der Waals surface area contributed by atoms with E-state index in [0.717, 1.165) is 17.4 Å². The molecule has 0 unspecified atom stereocenters. The number of halogens is 3. The Kier molecular flexibility index (Phi) is 4.08. The van der Waals surface area contributed by atoms with Crippen LogP contribution in [0.4, 0.5) is 13.2 Å². The van der Waals surface area contributed by atoms with E-state index in [0.29, 0.717) is 5.01 Å². The summed E-state index contributed by atoms with van der Waals surface area (Å²) in [7, 11) is 1.25. The number of ether oxygens (including phenoxy) is 1. The Morgan fingerprint density at radius 3 is 2.70 bits per heavy atom. The molecule has 1 aromatic heterocycles. The third-order valence-electron chi connectivity index (χ3n) is 2.58. The second-order valence-electron chi connectivity index (χ2n) is 3.92. The average molecular weight is 301 g/mol. The maximum Gasteiger partial charge on any atom is 0.417 e. The standard InChI is InChI=1S/C13H10F3NO2S/c1-19-12(18)6-11-17-10(7-20-11)8-4-2-3-5-9(8)13(14,15)16/h2-5,7H,6H2,1H3. The number of thiazole rings is 1. The molecule has 0 fully saturated rings. The summed E-state index contributed by atoms with van der Waals surface area (Å²) in [4.78, 5) is 15.2. The molecule has 0 aliphatic heterocycles. The van der Waals surface area contributed by atoms with Crippen molar-refractivity contribution in [2.75, 3.05) is 7.11 Å². The van der Waals surface area contributed by atoms with E-state index in [2.05, 4.69) is 9.72 Å². The maximum atomic E-state index is 12.9. The van der Waals surface area contributed by atoms with Gasteiger partial charge in [-0.25, -0.2) is 4.98 Å². The van der Waals surface area contributed by atoms with Crippen LogP contribution >= 0.6 is 11.3 Å². The first-order valence-corrected chi connectivity index (χ1v) is 6.47. The van der Waals surface area contributed by atoms with Crippen LogP contribution in [0.5, 0.6) is 0 Å². The first-order chi connectivity index (χ1) is 9.41. The number of hydrogen-bond acceptors (Lipinski definition) is 4. The minimum Gasteiger partial charge on any atom is -0.469 e. The summed E-state index contributed by atoms with van der Waals surface area (Å²) in [6.07, 6.45) is -4.49. The summed E-state index contributed by atoms with van der Waals surface area (Å²) >= 11 is 1.13. The van der Waals surface area contributed by atoms with Gasteiger partial charge in [0, 0.05) is 10.9 Å². The lowest BCUT2D eigenvalue weighted by Gasteiger charge is -2.10. The topological polar surface area (TPSA) is 39.2 Å². The lowest BCUT2D eigenvalue weighted by Crippen LogP contribution is -2.07. The van der Waals surface area contributed by atoms with Gasteiger partial charge in [0.2, 0.25) is 0 Å². The molecule has 0 radical (unpaired) electrons. The predicted octanol–water partition coefficient (Wildman–Crippen LogP) is 3.54. The number of carbonyl (C=O) groups excluding carboxylic acids is 1. The predicted molar refractivity (Wildman–Crippen MR) is 68.3 cm³/mol. The number of nitrogens with zero attached hydrogens (tertiary/aromatic N) is 1. The summed E-state index contributed by atoms with van der Waals surface area (Å²) in [6.45, 7) is 0. The highest BCUT2D eigenvalue weighted by molar-refractivity contribution is 7.10. The summed E-state index contributed by atoms with van der Waals surface area (Å²) < 4.78 is 43.2. The van der Waals surface area contributed by atoms with Crippen LogP contribution in [0, 0.1) is 0 Å². The van der Waals surface area contributed by atoms with E-state index in [1.807, 2.05) is 0 Å². The number of rotatable bonds is 3. The van der Waals surface area contributed by atoms with E-state index >= 15 is 0 Å². The van der Waals surface area contributed by atoms with Gasteiger partial charge in [0.1, 0.15) is 5.01 Å². The normalized spacial score (nSPS) is 11.4. The number of methoxy groups -OCH3 is 1. The molecular formula is C13H10F3NO2S. The van der Waals surface area contributed by atoms with E-state index in [9.17, 15) is 18.0 Å². The number of aromatic nitrogens is 1. The number of alkyl halides is 3. The van der Waals surface area contributed by atoms with Crippen molar-refractivity contribution in [2.24, 2.45) is 0 Å². The Labute approximate surface area is 117 Å². The minimum atomic E-state index is -4.44. The van der Waals surface area contributed by atoms with Gasteiger partial charge in [-0.2, -0.15) is 13.2 Å². The Morgan fingerprint density at radius 2 is 2.05 bits per heavy atom. The fourth-order valence-electron chi connectivity index (χ4n) is 1.67. The van der Waals surface area contributed by atoms with Crippen LogP contribution < -0.4 is 0 Å². The van der Waals surface area contributed by atoms with Crippen LogP contribution in [0.2, 0.25) is 0 Å². The Morgan fingerprint density at radius 1 is 1.35 bits per heavy atom. The zero-order chi connectivity index (χ0) is 14.8. The van der Waals surface area contributed by atoms with Gasteiger partial charge in [-0.1, -0.05) is 18.2 Å². The lowest BCUT2D eigenvalue weighted by molar-refractivity contribution is -0.140. The first kappa shape index (κ1) is 14.5. The Balaban J connectivity index is 2.36. The molecular weight excluding hydrogens is 291 g/mol. The molecule has 0 aliphatic carbocycles. The van der Waals surface area contributed by atoms with Crippen molar-refractivity contribution < 1.29 is 22.7 Å². The molecule has 2 rings (SSSR count). The van der Waals surface area contributed by atoms with Crippen molar-refractivity contribution in [1.29, 1.82) is 0 Å². The SMILES string of the molecule is COC(=O)Cc1nc(-c2ccccc2C(F)(F)F)cs1. The van der Waals surface area contributed by atoms with Crippen LogP contribution in [0.15, 0.2) is 29.6 Å². The molecule has 7 heteroatoms. The minimum absolute atomic E-state index is 0.00682. The second kappa shape index (κ2) is 5.62. The van der Waals surface area contributed by atoms with Crippen molar-refractivity contribution in [3.05, 3.63) is 40.2 Å². The molecule has 20 heavy (non-hydrogen) atoms. The van der Waals surface area contributed by atoms with Gasteiger partial charge < -0.3 is 4.74 Å². The second-order valence-corrected chi connectivity index (χ2v) is 4.87. The molecule has 0 N–H and O–H groups in total. The van der Waals surface area contributed by atoms with Crippen molar-refractivity contribution in [1.82, 2.24) is 4.98 Å². The van der Waals surface area contributed by atoms with Crippen molar-refractivity contribution in [3.8, 4) is 11.3 Å². The number of esters is 1. The molecule has 2 aromatic rings. The molecule has 0 saturated heterocycles. The smallest absolute Gasteiger partial charge is 0.417 e. The van der Waals surface area contributed by atoms with Gasteiger partial charge in [0.25, 0.3) is 0 Å². The fourth-order valence-corrected chi connectivity index (χ4v) is 2.44. The summed E-state index contributed by atoms with van der Waals surface area (Å²) in [6, 6.07) is 5.21. The number of benzene rings is 1. The van der Waals surface area contributed by atoms with E-state index in [1.54, 1.807) is 0 Å². The van der Waals surface area contributed by atoms with Gasteiger partial charge in [0.05, 0.1) is 24.8 Å². The monoisotopic (exact) mass is 301 g/mol. The zero-order valence-electron chi connectivity index (χ0n) is 10.4. The van der Waals surface area contributed by atoms with Gasteiger partial charge in [-0.05, 0) is 6.07 Å². The van der Waals surface area contributed by atoms with Crippen molar-refractivity contribution >= 4 is 17.3 Å². The van der Waals surface area contributed by atoms with E-state index in [4.69, 9.17) is 0 Å². The molecule has 0 atom stereocenters. The fraction of sp³-hybridized carbons (Fsp3) is 0.231. The average Bonchev–Trinajstić information content (AvgIpc) is 2.86. The summed E-state index contributed by atoms with van der Waals surface area (Å²) in [5.41, 5.74) is -0.524. The lowest BCUT2D eigenvalue weighted by atomic mass is 10.1. The highest BCUT2D eigenvalue weighted by atomic mass is 32.1. The first-order valence-electron chi connectivity index (χ1n) is 5.59. The quantitative estimate of drug-likeness (QED) is 0.814. The molecule has 3 nitrogen and oxygen atoms in total. The zero-order valence-corrected chi connectivity index (χ0v) is 11.2. The van der Waals surface area contributed by atoms with E-state index in [1.165, 1.54) is 30.7 Å². The molecule has 0 saturated carbocycles. The molecule has 0 bridgehead atoms. The highest BCUT2D eigenvalue weighted by Crippen LogP contribution is 2.37. The Hall–Kier alpha value is -1.89. The Bertz CT molecular complexity index is 622. The molecule has 106 valence electrons. The van der Waals surface area contributed by atoms with Crippen LogP contribution in [-0.2, 0) is 22.1 Å². The van der Waals surface area contributed by atoms with Crippen molar-refractivity contribution in [3.63, 3.8) is 0 Å². The van der Waals surface area contributed by atoms with Gasteiger partial charge in [-0.15, -0.1) is 11.3 Å². The van der Waals surface area contributed by atoms with Gasteiger partial charge in [0.15, 0.2) is 0 Å². The van der Waals surface area contributed by atoms with Gasteiger partial charge >= 0.3 is 12.1 Å². The molecule has 1 heterocycles. The molecule has 0 amide bonds. The molecule has 0 spiro atoms. The molecule has 1 aromatic carbocycles. The summed E-state index contributed by atoms with van der Waals surface area (Å²) in [5, 5.41) is 1.92. The number of carbonyl (C=O) groups is 1. The maximum absolute atomic E-state index is 12.9. The third-order valence-corrected chi connectivity index (χ3v) is 3.43. The number of hydrogen-bond donors (Lipinski definition) is 0. The van der Waals surface area contributed by atoms with Crippen molar-refractivity contribution in [2.45, 2.75) is 12.6 Å². The van der Waals surface area contributed by atoms with Crippen LogP contribution in [0.25, 0.3) is 11.3 Å². The largest absolute Gasteiger partial charge is 0.469 e. The highest BCUT2D eigenvalue weighted by Gasteiger charge is 2.33. The van der Waals surface area contributed by atoms with E-state index in [-0.39, 0.29) is 17.7 Å².